The Kier molecular flexibility index (Phi) is 12.2. The predicted octanol–water partition coefficient (Wildman–Crippen LogP) is 4.76. The maximum Gasteiger partial charge on any atom is 0.342 e. The first-order chi connectivity index (χ1) is 19.8. The first-order valence-corrected chi connectivity index (χ1v) is 14.4. The number of phenolic OH excluding ortho intramolecular Hbond substituents is 1. The number of carbonyl (C=O) groups excluding carboxylic acids is 2. The van der Waals surface area contributed by atoms with Gasteiger partial charge < -0.3 is 25.6 Å². The van der Waals surface area contributed by atoms with Gasteiger partial charge >= 0.3 is 11.9 Å². The summed E-state index contributed by atoms with van der Waals surface area (Å²) in [7, 11) is 0. The summed E-state index contributed by atoms with van der Waals surface area (Å²) >= 11 is 4.15. The summed E-state index contributed by atoms with van der Waals surface area (Å²) in [5, 5.41) is 21.1. The molecule has 0 fully saturated rings. The van der Waals surface area contributed by atoms with Gasteiger partial charge in [0.25, 0.3) is 0 Å². The fraction of sp³-hybridized carbons (Fsp3) is 0.344. The van der Waals surface area contributed by atoms with Crippen LogP contribution in [0, 0.1) is 0 Å². The van der Waals surface area contributed by atoms with Gasteiger partial charge in [0.1, 0.15) is 24.0 Å². The van der Waals surface area contributed by atoms with E-state index in [4.69, 9.17) is 10.5 Å². The van der Waals surface area contributed by atoms with Crippen molar-refractivity contribution in [2.75, 3.05) is 5.75 Å². The van der Waals surface area contributed by atoms with Gasteiger partial charge in [-0.2, -0.15) is 12.6 Å². The van der Waals surface area contributed by atoms with Crippen LogP contribution in [0.25, 0.3) is 0 Å². The monoisotopic (exact) mass is 578 g/mol. The third kappa shape index (κ3) is 8.83. The fourth-order valence-electron chi connectivity index (χ4n) is 4.68. The highest BCUT2D eigenvalue weighted by atomic mass is 32.1. The highest BCUT2D eigenvalue weighted by molar-refractivity contribution is 7.80. The fourth-order valence-corrected chi connectivity index (χ4v) is 4.84. The Bertz CT molecular complexity index is 1300. The molecule has 0 saturated carbocycles. The molecule has 0 aliphatic carbocycles. The molecule has 2 atom stereocenters. The number of ether oxygens (including phenoxy) is 1. The van der Waals surface area contributed by atoms with Crippen molar-refractivity contribution in [2.45, 2.75) is 64.3 Å². The van der Waals surface area contributed by atoms with E-state index in [1.807, 2.05) is 60.7 Å². The van der Waals surface area contributed by atoms with Gasteiger partial charge in [0, 0.05) is 18.7 Å². The van der Waals surface area contributed by atoms with Crippen LogP contribution in [0.2, 0.25) is 0 Å². The molecule has 0 radical (unpaired) electrons. The van der Waals surface area contributed by atoms with Crippen molar-refractivity contribution in [2.24, 2.45) is 5.73 Å². The number of unbranched alkanes of at least 4 members (excludes halogenated alkanes) is 2. The van der Waals surface area contributed by atoms with Gasteiger partial charge in [-0.05, 0) is 41.2 Å². The number of rotatable bonds is 15. The summed E-state index contributed by atoms with van der Waals surface area (Å²) in [6.07, 6.45) is 2.88. The highest BCUT2D eigenvalue weighted by Crippen LogP contribution is 2.30. The maximum atomic E-state index is 13.3. The Morgan fingerprint density at radius 3 is 2.17 bits per heavy atom. The number of carboxylic acids is 1. The number of benzene rings is 3. The topological polar surface area (TPSA) is 130 Å². The van der Waals surface area contributed by atoms with Crippen LogP contribution < -0.4 is 5.73 Å². The van der Waals surface area contributed by atoms with Crippen molar-refractivity contribution >= 4 is 30.5 Å². The Morgan fingerprint density at radius 1 is 0.951 bits per heavy atom. The van der Waals surface area contributed by atoms with Crippen LogP contribution in [0.4, 0.5) is 0 Å². The molecule has 1 amide bonds. The van der Waals surface area contributed by atoms with Crippen LogP contribution in [-0.2, 0) is 40.3 Å². The van der Waals surface area contributed by atoms with E-state index in [1.54, 1.807) is 6.07 Å². The summed E-state index contributed by atoms with van der Waals surface area (Å²) in [5.41, 5.74) is 8.65. The number of esters is 1. The van der Waals surface area contributed by atoms with Gasteiger partial charge in [-0.25, -0.2) is 9.59 Å². The number of nitrogens with zero attached hydrogens (tertiary/aromatic N) is 1. The van der Waals surface area contributed by atoms with E-state index in [0.717, 1.165) is 30.4 Å². The molecule has 0 aliphatic rings. The van der Waals surface area contributed by atoms with Crippen LogP contribution in [0.3, 0.4) is 0 Å². The third-order valence-corrected chi connectivity index (χ3v) is 7.30. The first kappa shape index (κ1) is 31.7. The SMILES string of the molecule is CCCCCc1c(CC(C(=O)O)N(Cc2ccccc2)C(=O)C(N)CS)ccc(O)c1C(=O)OCc1ccccc1. The molecule has 2 unspecified atom stereocenters. The molecule has 0 aliphatic heterocycles. The molecular formula is C32H38N2O6S. The van der Waals surface area contributed by atoms with Gasteiger partial charge in [-0.1, -0.05) is 86.5 Å². The molecule has 8 nitrogen and oxygen atoms in total. The second kappa shape index (κ2) is 15.8. The second-order valence-corrected chi connectivity index (χ2v) is 10.3. The predicted molar refractivity (Wildman–Crippen MR) is 161 cm³/mol. The number of hydrogen-bond donors (Lipinski definition) is 4. The lowest BCUT2D eigenvalue weighted by molar-refractivity contribution is -0.151. The van der Waals surface area contributed by atoms with Gasteiger partial charge in [0.05, 0.1) is 6.04 Å². The van der Waals surface area contributed by atoms with Crippen LogP contribution in [0.5, 0.6) is 5.75 Å². The Balaban J connectivity index is 2.01. The van der Waals surface area contributed by atoms with Crippen molar-refractivity contribution in [3.63, 3.8) is 0 Å². The molecule has 0 aromatic heterocycles. The lowest BCUT2D eigenvalue weighted by Gasteiger charge is -2.32. The molecule has 4 N–H and O–H groups in total. The van der Waals surface area contributed by atoms with Crippen LogP contribution in [0.1, 0.15) is 58.8 Å². The quantitative estimate of drug-likeness (QED) is 0.116. The molecule has 0 bridgehead atoms. The van der Waals surface area contributed by atoms with Gasteiger partial charge in [-0.3, -0.25) is 4.79 Å². The Hall–Kier alpha value is -3.82. The Morgan fingerprint density at radius 2 is 1.59 bits per heavy atom. The van der Waals surface area contributed by atoms with Crippen LogP contribution in [-0.4, -0.2) is 50.8 Å². The number of nitrogens with two attached hydrogens (primary N) is 1. The van der Waals surface area contributed by atoms with Crippen molar-refractivity contribution in [1.82, 2.24) is 4.90 Å². The minimum Gasteiger partial charge on any atom is -0.507 e. The molecule has 0 saturated heterocycles. The molecular weight excluding hydrogens is 540 g/mol. The van der Waals surface area contributed by atoms with Gasteiger partial charge in [0.15, 0.2) is 0 Å². The van der Waals surface area contributed by atoms with Crippen LogP contribution >= 0.6 is 12.6 Å². The highest BCUT2D eigenvalue weighted by Gasteiger charge is 2.34. The molecule has 3 aromatic rings. The normalized spacial score (nSPS) is 12.4. The lowest BCUT2D eigenvalue weighted by Crippen LogP contribution is -2.52. The molecule has 9 heteroatoms. The zero-order valence-corrected chi connectivity index (χ0v) is 24.1. The smallest absolute Gasteiger partial charge is 0.342 e. The molecule has 218 valence electrons. The van der Waals surface area contributed by atoms with E-state index in [-0.39, 0.29) is 36.6 Å². The number of phenols is 1. The first-order valence-electron chi connectivity index (χ1n) is 13.7. The van der Waals surface area contributed by atoms with Gasteiger partial charge in [-0.15, -0.1) is 0 Å². The molecule has 41 heavy (non-hydrogen) atoms. The van der Waals surface area contributed by atoms with E-state index in [2.05, 4.69) is 19.6 Å². The summed E-state index contributed by atoms with van der Waals surface area (Å²) < 4.78 is 5.56. The molecule has 0 heterocycles. The average Bonchev–Trinajstić information content (AvgIpc) is 2.98. The number of carboxylic acid groups (broad SMARTS) is 1. The summed E-state index contributed by atoms with van der Waals surface area (Å²) in [5.74, 6) is -2.62. The van der Waals surface area contributed by atoms with Crippen molar-refractivity contribution < 1.29 is 29.3 Å². The third-order valence-electron chi connectivity index (χ3n) is 6.90. The standard InChI is InChI=1S/C32H38N2O6S/c1-2-3-6-15-25-24(16-17-28(35)29(25)32(39)40-20-23-13-9-5-10-14-23)18-27(31(37)38)34(30(36)26(33)21-41)19-22-11-7-4-8-12-22/h4-5,7-14,16-17,26-27,35,41H,2-3,6,15,18-21,33H2,1H3,(H,37,38). The van der Waals surface area contributed by atoms with Gasteiger partial charge in [0.2, 0.25) is 5.91 Å². The van der Waals surface area contributed by atoms with Crippen molar-refractivity contribution in [3.8, 4) is 5.75 Å². The average molecular weight is 579 g/mol. The number of thiol groups is 1. The summed E-state index contributed by atoms with van der Waals surface area (Å²) in [6, 6.07) is 19.0. The van der Waals surface area contributed by atoms with E-state index in [1.165, 1.54) is 11.0 Å². The number of amides is 1. The minimum absolute atomic E-state index is 0.0201. The number of carbonyl (C=O) groups is 3. The van der Waals surface area contributed by atoms with E-state index >= 15 is 0 Å². The lowest BCUT2D eigenvalue weighted by atomic mass is 9.90. The molecule has 0 spiro atoms. The van der Waals surface area contributed by atoms with E-state index in [0.29, 0.717) is 17.5 Å². The van der Waals surface area contributed by atoms with Crippen molar-refractivity contribution in [1.29, 1.82) is 0 Å². The number of aromatic hydroxyl groups is 1. The second-order valence-electron chi connectivity index (χ2n) is 9.92. The number of aliphatic carboxylic acids is 1. The zero-order chi connectivity index (χ0) is 29.8. The summed E-state index contributed by atoms with van der Waals surface area (Å²) in [4.78, 5) is 40.6. The largest absolute Gasteiger partial charge is 0.507 e. The summed E-state index contributed by atoms with van der Waals surface area (Å²) in [6.45, 7) is 2.11. The zero-order valence-electron chi connectivity index (χ0n) is 23.2. The minimum atomic E-state index is -1.28. The van der Waals surface area contributed by atoms with E-state index in [9.17, 15) is 24.6 Å². The van der Waals surface area contributed by atoms with Crippen LogP contribution in [0.15, 0.2) is 72.8 Å². The maximum absolute atomic E-state index is 13.3. The van der Waals surface area contributed by atoms with Crippen molar-refractivity contribution in [3.05, 3.63) is 101 Å². The Labute approximate surface area is 246 Å². The molecule has 3 rings (SSSR count). The number of hydrogen-bond acceptors (Lipinski definition) is 7. The molecule has 3 aromatic carbocycles. The van der Waals surface area contributed by atoms with E-state index < -0.39 is 29.9 Å².